The van der Waals surface area contributed by atoms with Gasteiger partial charge in [0, 0.05) is 19.5 Å². The molecule has 1 aromatic rings. The first-order valence-electron chi connectivity index (χ1n) is 9.42. The molecule has 1 heterocycles. The quantitative estimate of drug-likeness (QED) is 0.818. The van der Waals surface area contributed by atoms with E-state index >= 15 is 0 Å². The molecule has 1 aliphatic heterocycles. The van der Waals surface area contributed by atoms with Crippen LogP contribution in [0.4, 0.5) is 0 Å². The summed E-state index contributed by atoms with van der Waals surface area (Å²) in [6.07, 6.45) is 5.04. The zero-order valence-corrected chi connectivity index (χ0v) is 17.1. The average Bonchev–Trinajstić information content (AvgIpc) is 2.58. The summed E-state index contributed by atoms with van der Waals surface area (Å²) in [4.78, 5) is 14.5. The lowest BCUT2D eigenvalue weighted by atomic mass is 9.86. The van der Waals surface area contributed by atoms with Crippen LogP contribution in [0.15, 0.2) is 24.3 Å². The number of amides is 1. The summed E-state index contributed by atoms with van der Waals surface area (Å²) < 4.78 is 0. The Kier molecular flexibility index (Phi) is 8.95. The number of likely N-dealkylation sites (tertiary alicyclic amines) is 1. The summed E-state index contributed by atoms with van der Waals surface area (Å²) in [5.41, 5.74) is 2.80. The maximum Gasteiger partial charge on any atom is 0.222 e. The third-order valence-electron chi connectivity index (χ3n) is 5.22. The molecule has 142 valence electrons. The third kappa shape index (κ3) is 6.99. The van der Waals surface area contributed by atoms with Crippen molar-refractivity contribution < 1.29 is 4.79 Å². The van der Waals surface area contributed by atoms with Crippen molar-refractivity contribution in [3.05, 3.63) is 35.4 Å². The fourth-order valence-corrected chi connectivity index (χ4v) is 3.40. The van der Waals surface area contributed by atoms with Crippen LogP contribution < -0.4 is 5.32 Å². The third-order valence-corrected chi connectivity index (χ3v) is 5.22. The monoisotopic (exact) mass is 366 g/mol. The first-order valence-corrected chi connectivity index (χ1v) is 9.42. The molecule has 1 aromatic carbocycles. The highest BCUT2D eigenvalue weighted by Crippen LogP contribution is 2.23. The molecular formula is C21H35ClN2O. The van der Waals surface area contributed by atoms with Crippen molar-refractivity contribution in [1.82, 2.24) is 10.2 Å². The maximum atomic E-state index is 12.4. The Hall–Kier alpha value is -1.06. The van der Waals surface area contributed by atoms with Crippen LogP contribution in [-0.4, -0.2) is 37.5 Å². The van der Waals surface area contributed by atoms with E-state index in [4.69, 9.17) is 0 Å². The number of halogens is 1. The minimum Gasteiger partial charge on any atom is -0.343 e. The summed E-state index contributed by atoms with van der Waals surface area (Å²) in [6.45, 7) is 9.65. The Balaban J connectivity index is 0.00000312. The second-order valence-electron chi connectivity index (χ2n) is 8.16. The van der Waals surface area contributed by atoms with Gasteiger partial charge in [-0.05, 0) is 61.7 Å². The molecule has 1 N–H and O–H groups in total. The van der Waals surface area contributed by atoms with Gasteiger partial charge in [-0.15, -0.1) is 12.4 Å². The van der Waals surface area contributed by atoms with Gasteiger partial charge in [-0.3, -0.25) is 4.79 Å². The molecule has 1 aliphatic rings. The minimum absolute atomic E-state index is 0. The van der Waals surface area contributed by atoms with E-state index in [0.29, 0.717) is 12.3 Å². The molecule has 1 saturated heterocycles. The highest BCUT2D eigenvalue weighted by Gasteiger charge is 2.22. The number of rotatable bonds is 6. The molecule has 0 bridgehead atoms. The Morgan fingerprint density at radius 1 is 1.16 bits per heavy atom. The van der Waals surface area contributed by atoms with Crippen LogP contribution in [0.25, 0.3) is 0 Å². The van der Waals surface area contributed by atoms with Crippen molar-refractivity contribution in [1.29, 1.82) is 0 Å². The zero-order chi connectivity index (χ0) is 17.6. The Labute approximate surface area is 160 Å². The van der Waals surface area contributed by atoms with E-state index in [1.807, 2.05) is 7.05 Å². The summed E-state index contributed by atoms with van der Waals surface area (Å²) in [5.74, 6) is 1.11. The molecule has 4 heteroatoms. The van der Waals surface area contributed by atoms with Gasteiger partial charge < -0.3 is 10.2 Å². The second-order valence-corrected chi connectivity index (χ2v) is 8.16. The lowest BCUT2D eigenvalue weighted by Crippen LogP contribution is -2.39. The van der Waals surface area contributed by atoms with Crippen molar-refractivity contribution in [2.45, 2.75) is 58.3 Å². The van der Waals surface area contributed by atoms with Crippen LogP contribution in [0.3, 0.4) is 0 Å². The van der Waals surface area contributed by atoms with Crippen molar-refractivity contribution in [2.24, 2.45) is 5.92 Å². The smallest absolute Gasteiger partial charge is 0.222 e. The molecule has 0 saturated carbocycles. The van der Waals surface area contributed by atoms with Gasteiger partial charge in [-0.1, -0.05) is 45.0 Å². The maximum absolute atomic E-state index is 12.4. The number of carbonyl (C=O) groups excluding carboxylic acids is 1. The first-order chi connectivity index (χ1) is 11.4. The molecule has 0 aliphatic carbocycles. The van der Waals surface area contributed by atoms with Crippen molar-refractivity contribution in [3.8, 4) is 0 Å². The van der Waals surface area contributed by atoms with Crippen LogP contribution in [0.1, 0.15) is 57.6 Å². The van der Waals surface area contributed by atoms with Gasteiger partial charge in [0.25, 0.3) is 0 Å². The van der Waals surface area contributed by atoms with Crippen LogP contribution >= 0.6 is 12.4 Å². The molecular weight excluding hydrogens is 332 g/mol. The number of piperidine rings is 1. The largest absolute Gasteiger partial charge is 0.343 e. The molecule has 0 radical (unpaired) electrons. The molecule has 2 rings (SSSR count). The first kappa shape index (κ1) is 22.0. The van der Waals surface area contributed by atoms with E-state index in [1.54, 1.807) is 0 Å². The predicted octanol–water partition coefficient (Wildman–Crippen LogP) is 4.19. The minimum atomic E-state index is 0. The van der Waals surface area contributed by atoms with E-state index in [2.05, 4.69) is 55.3 Å². The van der Waals surface area contributed by atoms with Gasteiger partial charge in [0.15, 0.2) is 0 Å². The average molecular weight is 367 g/mol. The molecule has 0 unspecified atom stereocenters. The standard InChI is InChI=1S/C21H34N2O.ClH/c1-21(2,3)19-8-5-17(6-9-19)7-10-20(24)23-15-12-18(13-16-23)11-14-22-4;/h5-6,8-9,18,22H,7,10-16H2,1-4H3;1H. The lowest BCUT2D eigenvalue weighted by molar-refractivity contribution is -0.132. The Bertz CT molecular complexity index is 514. The molecule has 1 fully saturated rings. The van der Waals surface area contributed by atoms with Gasteiger partial charge >= 0.3 is 0 Å². The summed E-state index contributed by atoms with van der Waals surface area (Å²) >= 11 is 0. The van der Waals surface area contributed by atoms with E-state index in [1.165, 1.54) is 17.5 Å². The van der Waals surface area contributed by atoms with E-state index in [0.717, 1.165) is 44.8 Å². The fraction of sp³-hybridized carbons (Fsp3) is 0.667. The van der Waals surface area contributed by atoms with Gasteiger partial charge in [0.05, 0.1) is 0 Å². The van der Waals surface area contributed by atoms with E-state index in [-0.39, 0.29) is 17.8 Å². The van der Waals surface area contributed by atoms with E-state index < -0.39 is 0 Å². The van der Waals surface area contributed by atoms with Gasteiger partial charge in [-0.25, -0.2) is 0 Å². The molecule has 25 heavy (non-hydrogen) atoms. The van der Waals surface area contributed by atoms with E-state index in [9.17, 15) is 4.79 Å². The van der Waals surface area contributed by atoms with Crippen molar-refractivity contribution >= 4 is 18.3 Å². The number of benzene rings is 1. The Morgan fingerprint density at radius 2 is 1.76 bits per heavy atom. The molecule has 0 atom stereocenters. The van der Waals surface area contributed by atoms with Gasteiger partial charge in [0.2, 0.25) is 5.91 Å². The highest BCUT2D eigenvalue weighted by atomic mass is 35.5. The summed E-state index contributed by atoms with van der Waals surface area (Å²) in [6, 6.07) is 8.76. The normalized spacial score (nSPS) is 15.8. The predicted molar refractivity (Wildman–Crippen MR) is 109 cm³/mol. The molecule has 0 aromatic heterocycles. The van der Waals surface area contributed by atoms with Crippen LogP contribution in [0.2, 0.25) is 0 Å². The van der Waals surface area contributed by atoms with Gasteiger partial charge in [0.1, 0.15) is 0 Å². The highest BCUT2D eigenvalue weighted by molar-refractivity contribution is 5.85. The zero-order valence-electron chi connectivity index (χ0n) is 16.3. The van der Waals surface area contributed by atoms with Crippen LogP contribution in [0.5, 0.6) is 0 Å². The number of nitrogens with zero attached hydrogens (tertiary/aromatic N) is 1. The molecule has 3 nitrogen and oxygen atoms in total. The van der Waals surface area contributed by atoms with Crippen LogP contribution in [-0.2, 0) is 16.6 Å². The molecule has 1 amide bonds. The lowest BCUT2D eigenvalue weighted by Gasteiger charge is -2.32. The number of hydrogen-bond donors (Lipinski definition) is 1. The molecule has 0 spiro atoms. The number of hydrogen-bond acceptors (Lipinski definition) is 2. The summed E-state index contributed by atoms with van der Waals surface area (Å²) in [7, 11) is 2.01. The number of carbonyl (C=O) groups is 1. The van der Waals surface area contributed by atoms with Gasteiger partial charge in [-0.2, -0.15) is 0 Å². The second kappa shape index (κ2) is 10.2. The fourth-order valence-electron chi connectivity index (χ4n) is 3.40. The number of aryl methyl sites for hydroxylation is 1. The van der Waals surface area contributed by atoms with Crippen molar-refractivity contribution in [2.75, 3.05) is 26.7 Å². The SMILES string of the molecule is CNCCC1CCN(C(=O)CCc2ccc(C(C)(C)C)cc2)CC1.Cl. The van der Waals surface area contributed by atoms with Crippen molar-refractivity contribution in [3.63, 3.8) is 0 Å². The Morgan fingerprint density at radius 3 is 2.28 bits per heavy atom. The number of nitrogens with one attached hydrogen (secondary N) is 1. The topological polar surface area (TPSA) is 32.3 Å². The van der Waals surface area contributed by atoms with Crippen LogP contribution in [0, 0.1) is 5.92 Å². The summed E-state index contributed by atoms with van der Waals surface area (Å²) in [5, 5.41) is 3.22.